The fourth-order valence-electron chi connectivity index (χ4n) is 4.35. The summed E-state index contributed by atoms with van der Waals surface area (Å²) in [4.78, 5) is 17.5. The van der Waals surface area contributed by atoms with Crippen LogP contribution in [-0.4, -0.2) is 11.0 Å². The first-order chi connectivity index (χ1) is 14.6. The zero-order valence-electron chi connectivity index (χ0n) is 16.1. The molecule has 0 saturated carbocycles. The number of ether oxygens (including phenoxy) is 1. The molecule has 148 valence electrons. The molecule has 0 fully saturated rings. The molecule has 3 nitrogen and oxygen atoms in total. The number of carbonyl (C=O) groups is 1. The minimum absolute atomic E-state index is 0.334. The number of halogens is 1. The van der Waals surface area contributed by atoms with E-state index in [1.807, 2.05) is 54.6 Å². The van der Waals surface area contributed by atoms with Gasteiger partial charge in [0.05, 0.1) is 0 Å². The standard InChI is InChI=1S/C25H19BrNO2P/c26-30(19-11-4-1-5-12-19,20-13-6-2-7-14-20,21-15-8-3-9-16-21)25-23-22(24(28)29-25)17-10-18-27-23/h1-18,25H. The molecule has 0 aliphatic carbocycles. The molecular weight excluding hydrogens is 457 g/mol. The Hall–Kier alpha value is -2.81. The van der Waals surface area contributed by atoms with Crippen molar-refractivity contribution in [2.45, 2.75) is 5.85 Å². The number of esters is 1. The van der Waals surface area contributed by atoms with Crippen molar-refractivity contribution >= 4 is 42.7 Å². The van der Waals surface area contributed by atoms with Crippen molar-refractivity contribution in [3.8, 4) is 0 Å². The van der Waals surface area contributed by atoms with E-state index in [1.165, 1.54) is 0 Å². The van der Waals surface area contributed by atoms with Crippen LogP contribution in [0.5, 0.6) is 0 Å². The van der Waals surface area contributed by atoms with Crippen LogP contribution in [0.25, 0.3) is 0 Å². The average Bonchev–Trinajstić information content (AvgIpc) is 3.18. The van der Waals surface area contributed by atoms with Gasteiger partial charge in [0.25, 0.3) is 0 Å². The van der Waals surface area contributed by atoms with Gasteiger partial charge in [0.2, 0.25) is 0 Å². The Morgan fingerprint density at radius 2 is 1.17 bits per heavy atom. The Labute approximate surface area is 183 Å². The Balaban J connectivity index is 1.96. The third kappa shape index (κ3) is 2.54. The Morgan fingerprint density at radius 1 is 0.700 bits per heavy atom. The van der Waals surface area contributed by atoms with E-state index in [0.717, 1.165) is 15.9 Å². The minimum atomic E-state index is -3.50. The molecule has 5 heteroatoms. The molecule has 0 spiro atoms. The molecule has 0 radical (unpaired) electrons. The van der Waals surface area contributed by atoms with Crippen LogP contribution >= 0.6 is 20.8 Å². The summed E-state index contributed by atoms with van der Waals surface area (Å²) in [6, 6.07) is 34.4. The van der Waals surface area contributed by atoms with Crippen LogP contribution in [0.3, 0.4) is 0 Å². The monoisotopic (exact) mass is 475 g/mol. The van der Waals surface area contributed by atoms with Gasteiger partial charge in [-0.3, -0.25) is 0 Å². The number of carbonyl (C=O) groups excluding carboxylic acids is 1. The number of benzene rings is 3. The Morgan fingerprint density at radius 3 is 1.63 bits per heavy atom. The van der Waals surface area contributed by atoms with Crippen molar-refractivity contribution in [3.63, 3.8) is 0 Å². The van der Waals surface area contributed by atoms with E-state index < -0.39 is 11.2 Å². The molecule has 1 aliphatic rings. The van der Waals surface area contributed by atoms with Gasteiger partial charge in [0.1, 0.15) is 0 Å². The molecule has 0 saturated heterocycles. The normalized spacial score (nSPS) is 16.9. The van der Waals surface area contributed by atoms with Crippen molar-refractivity contribution in [2.75, 3.05) is 0 Å². The van der Waals surface area contributed by atoms with Crippen LogP contribution in [0.1, 0.15) is 21.9 Å². The van der Waals surface area contributed by atoms with E-state index in [2.05, 4.69) is 56.9 Å². The van der Waals surface area contributed by atoms with Crippen LogP contribution in [0.4, 0.5) is 0 Å². The molecule has 0 N–H and O–H groups in total. The van der Waals surface area contributed by atoms with E-state index in [9.17, 15) is 4.79 Å². The first-order valence-electron chi connectivity index (χ1n) is 9.70. The molecule has 1 aliphatic heterocycles. The van der Waals surface area contributed by atoms with Crippen LogP contribution in [0.15, 0.2) is 109 Å². The third-order valence-electron chi connectivity index (χ3n) is 5.73. The maximum absolute atomic E-state index is 12.9. The van der Waals surface area contributed by atoms with Gasteiger partial charge < -0.3 is 0 Å². The van der Waals surface area contributed by atoms with Crippen LogP contribution in [0, 0.1) is 0 Å². The summed E-state index contributed by atoms with van der Waals surface area (Å²) >= 11 is 4.36. The first-order valence-corrected chi connectivity index (χ1v) is 14.0. The van der Waals surface area contributed by atoms with E-state index >= 15 is 0 Å². The Kier molecular flexibility index (Phi) is 4.57. The number of cyclic esters (lactones) is 1. The van der Waals surface area contributed by atoms with Gasteiger partial charge in [-0.05, 0) is 0 Å². The molecule has 3 aromatic carbocycles. The predicted octanol–water partition coefficient (Wildman–Crippen LogP) is 5.09. The van der Waals surface area contributed by atoms with Crippen molar-refractivity contribution < 1.29 is 9.53 Å². The topological polar surface area (TPSA) is 39.2 Å². The fourth-order valence-corrected chi connectivity index (χ4v) is 12.2. The van der Waals surface area contributed by atoms with Crippen molar-refractivity contribution in [3.05, 3.63) is 121 Å². The van der Waals surface area contributed by atoms with Crippen LogP contribution in [-0.2, 0) is 4.74 Å². The zero-order chi connectivity index (χ0) is 20.6. The van der Waals surface area contributed by atoms with Gasteiger partial charge in [-0.1, -0.05) is 0 Å². The van der Waals surface area contributed by atoms with Crippen molar-refractivity contribution in [1.29, 1.82) is 0 Å². The SMILES string of the molecule is O=C1OC(P(Br)(c2ccccc2)(c2ccccc2)c2ccccc2)c2ncccc21. The summed E-state index contributed by atoms with van der Waals surface area (Å²) in [6.45, 7) is 0. The van der Waals surface area contributed by atoms with Crippen LogP contribution < -0.4 is 15.9 Å². The van der Waals surface area contributed by atoms with Crippen molar-refractivity contribution in [2.24, 2.45) is 0 Å². The second-order valence-corrected chi connectivity index (χ2v) is 15.9. The van der Waals surface area contributed by atoms with E-state index in [1.54, 1.807) is 18.3 Å². The number of aromatic nitrogens is 1. The van der Waals surface area contributed by atoms with E-state index in [4.69, 9.17) is 4.74 Å². The fraction of sp³-hybridized carbons (Fsp3) is 0.0400. The first kappa shape index (κ1) is 19.2. The van der Waals surface area contributed by atoms with E-state index in [-0.39, 0.29) is 5.97 Å². The van der Waals surface area contributed by atoms with E-state index in [0.29, 0.717) is 11.3 Å². The summed E-state index contributed by atoms with van der Waals surface area (Å²) in [6.07, 6.45) is 1.73. The second kappa shape index (κ2) is 7.16. The number of pyridine rings is 1. The average molecular weight is 476 g/mol. The summed E-state index contributed by atoms with van der Waals surface area (Å²) < 4.78 is 6.17. The Bertz CT molecular complexity index is 1120. The molecule has 1 atom stereocenters. The molecule has 4 aromatic rings. The molecule has 0 bridgehead atoms. The predicted molar refractivity (Wildman–Crippen MR) is 126 cm³/mol. The number of nitrogens with zero attached hydrogens (tertiary/aromatic N) is 1. The van der Waals surface area contributed by atoms with Gasteiger partial charge in [-0.25, -0.2) is 0 Å². The molecule has 1 aromatic heterocycles. The molecule has 30 heavy (non-hydrogen) atoms. The summed E-state index contributed by atoms with van der Waals surface area (Å²) in [5.41, 5.74) is 1.20. The van der Waals surface area contributed by atoms with Gasteiger partial charge in [0.15, 0.2) is 0 Å². The van der Waals surface area contributed by atoms with Gasteiger partial charge >= 0.3 is 184 Å². The maximum atomic E-state index is 12.9. The van der Waals surface area contributed by atoms with Gasteiger partial charge in [-0.15, -0.1) is 0 Å². The second-order valence-electron chi connectivity index (χ2n) is 7.27. The quantitative estimate of drug-likeness (QED) is 0.304. The molecular formula is C25H19BrNO2P. The molecule has 5 rings (SSSR count). The number of fused-ring (bicyclic) bond motifs is 1. The molecule has 1 unspecified atom stereocenters. The third-order valence-corrected chi connectivity index (χ3v) is 15.7. The summed E-state index contributed by atoms with van der Waals surface area (Å²) in [5.74, 6) is -0.911. The molecule has 2 heterocycles. The zero-order valence-corrected chi connectivity index (χ0v) is 18.5. The number of hydrogen-bond donors (Lipinski definition) is 0. The van der Waals surface area contributed by atoms with Gasteiger partial charge in [-0.2, -0.15) is 0 Å². The van der Waals surface area contributed by atoms with Gasteiger partial charge in [0, 0.05) is 0 Å². The number of hydrogen-bond acceptors (Lipinski definition) is 3. The summed E-state index contributed by atoms with van der Waals surface area (Å²) in [5, 5.41) is -0.259. The van der Waals surface area contributed by atoms with Crippen LogP contribution in [0.2, 0.25) is 0 Å². The number of rotatable bonds is 4. The molecule has 0 amide bonds. The van der Waals surface area contributed by atoms with Crippen molar-refractivity contribution in [1.82, 2.24) is 4.98 Å². The summed E-state index contributed by atoms with van der Waals surface area (Å²) in [7, 11) is 0.